The number of nitrogens with one attached hydrogen (secondary N) is 1. The number of ether oxygens (including phenoxy) is 2. The summed E-state index contributed by atoms with van der Waals surface area (Å²) in [7, 11) is 2.91. The largest absolute Gasteiger partial charge is 0.497 e. The van der Waals surface area contributed by atoms with Gasteiger partial charge in [-0.05, 0) is 12.1 Å². The monoisotopic (exact) mass is 278 g/mol. The van der Waals surface area contributed by atoms with E-state index in [2.05, 4.69) is 5.32 Å². The van der Waals surface area contributed by atoms with Gasteiger partial charge in [-0.1, -0.05) is 0 Å². The zero-order valence-corrected chi connectivity index (χ0v) is 11.1. The molecule has 0 saturated heterocycles. The molecular formula is C13H14N2O5. The molecule has 0 saturated carbocycles. The third-order valence-electron chi connectivity index (χ3n) is 2.66. The fourth-order valence-electron chi connectivity index (χ4n) is 1.81. The van der Waals surface area contributed by atoms with E-state index in [0.29, 0.717) is 16.7 Å². The van der Waals surface area contributed by atoms with Crippen LogP contribution in [-0.4, -0.2) is 32.6 Å². The van der Waals surface area contributed by atoms with Crippen molar-refractivity contribution in [3.8, 4) is 5.75 Å². The van der Waals surface area contributed by atoms with E-state index in [1.165, 1.54) is 14.2 Å². The van der Waals surface area contributed by atoms with E-state index in [1.54, 1.807) is 18.2 Å². The van der Waals surface area contributed by atoms with Crippen LogP contribution in [0.5, 0.6) is 5.75 Å². The number of amides is 2. The van der Waals surface area contributed by atoms with Gasteiger partial charge in [0.05, 0.1) is 7.11 Å². The number of methoxy groups -OCH3 is 2. The first-order valence-electron chi connectivity index (χ1n) is 5.76. The van der Waals surface area contributed by atoms with E-state index in [9.17, 15) is 9.59 Å². The number of primary amides is 1. The van der Waals surface area contributed by atoms with Crippen LogP contribution in [0.3, 0.4) is 0 Å². The van der Waals surface area contributed by atoms with Gasteiger partial charge in [0.25, 0.3) is 5.91 Å². The van der Waals surface area contributed by atoms with Crippen molar-refractivity contribution >= 4 is 28.5 Å². The van der Waals surface area contributed by atoms with Crippen LogP contribution < -0.4 is 15.8 Å². The number of carbonyl (C=O) groups is 2. The van der Waals surface area contributed by atoms with Crippen LogP contribution in [0.1, 0.15) is 10.6 Å². The highest BCUT2D eigenvalue weighted by Crippen LogP contribution is 2.33. The van der Waals surface area contributed by atoms with Gasteiger partial charge in [-0.2, -0.15) is 0 Å². The second-order valence-corrected chi connectivity index (χ2v) is 4.01. The van der Waals surface area contributed by atoms with Crippen molar-refractivity contribution in [1.29, 1.82) is 0 Å². The van der Waals surface area contributed by atoms with E-state index < -0.39 is 11.8 Å². The van der Waals surface area contributed by atoms with Crippen LogP contribution in [-0.2, 0) is 9.53 Å². The van der Waals surface area contributed by atoms with E-state index >= 15 is 0 Å². The van der Waals surface area contributed by atoms with Crippen LogP contribution >= 0.6 is 0 Å². The molecule has 0 aliphatic heterocycles. The Morgan fingerprint density at radius 1 is 1.35 bits per heavy atom. The number of benzene rings is 1. The fourth-order valence-corrected chi connectivity index (χ4v) is 1.81. The lowest BCUT2D eigenvalue weighted by atomic mass is 10.2. The second-order valence-electron chi connectivity index (χ2n) is 4.01. The summed E-state index contributed by atoms with van der Waals surface area (Å²) in [5.41, 5.74) is 5.88. The minimum absolute atomic E-state index is 0.113. The second kappa shape index (κ2) is 5.62. The van der Waals surface area contributed by atoms with Gasteiger partial charge in [0, 0.05) is 18.6 Å². The molecule has 2 amide bonds. The minimum Gasteiger partial charge on any atom is -0.497 e. The van der Waals surface area contributed by atoms with Crippen molar-refractivity contribution in [2.45, 2.75) is 0 Å². The maximum atomic E-state index is 11.6. The van der Waals surface area contributed by atoms with Crippen molar-refractivity contribution in [1.82, 2.24) is 0 Å². The van der Waals surface area contributed by atoms with Crippen molar-refractivity contribution < 1.29 is 23.5 Å². The zero-order valence-electron chi connectivity index (χ0n) is 11.1. The summed E-state index contributed by atoms with van der Waals surface area (Å²) in [4.78, 5) is 23.0. The van der Waals surface area contributed by atoms with E-state index in [4.69, 9.17) is 19.6 Å². The average molecular weight is 278 g/mol. The molecule has 1 aromatic carbocycles. The molecule has 7 heteroatoms. The minimum atomic E-state index is -0.770. The first-order chi connectivity index (χ1) is 9.56. The molecule has 0 atom stereocenters. The van der Waals surface area contributed by atoms with E-state index in [0.717, 1.165) is 0 Å². The van der Waals surface area contributed by atoms with Gasteiger partial charge >= 0.3 is 0 Å². The predicted octanol–water partition coefficient (Wildman–Crippen LogP) is 1.13. The quantitative estimate of drug-likeness (QED) is 0.853. The Balaban J connectivity index is 2.51. The molecule has 0 spiro atoms. The maximum Gasteiger partial charge on any atom is 0.286 e. The molecule has 3 N–H and O–H groups in total. The summed E-state index contributed by atoms with van der Waals surface area (Å²) in [6.45, 7) is -0.138. The first-order valence-corrected chi connectivity index (χ1v) is 5.76. The SMILES string of the molecule is COCC(=O)Nc1c(C(N)=O)oc2cc(OC)ccc12. The van der Waals surface area contributed by atoms with Crippen LogP contribution in [0.4, 0.5) is 5.69 Å². The molecule has 7 nitrogen and oxygen atoms in total. The van der Waals surface area contributed by atoms with Crippen molar-refractivity contribution in [2.24, 2.45) is 5.73 Å². The highest BCUT2D eigenvalue weighted by molar-refractivity contribution is 6.10. The van der Waals surface area contributed by atoms with Gasteiger partial charge in [0.1, 0.15) is 23.6 Å². The standard InChI is InChI=1S/C13H14N2O5/c1-18-6-10(16)15-11-8-4-3-7(19-2)5-9(8)20-12(11)13(14)17/h3-5H,6H2,1-2H3,(H2,14,17)(H,15,16). The molecule has 20 heavy (non-hydrogen) atoms. The summed E-state index contributed by atoms with van der Waals surface area (Å²) in [6.07, 6.45) is 0. The number of rotatable bonds is 5. The van der Waals surface area contributed by atoms with Crippen LogP contribution in [0.2, 0.25) is 0 Å². The van der Waals surface area contributed by atoms with Crippen LogP contribution in [0.15, 0.2) is 22.6 Å². The number of nitrogens with two attached hydrogens (primary N) is 1. The highest BCUT2D eigenvalue weighted by Gasteiger charge is 2.20. The molecule has 0 aliphatic carbocycles. The molecule has 0 aliphatic rings. The summed E-state index contributed by atoms with van der Waals surface area (Å²) in [5, 5.41) is 3.11. The van der Waals surface area contributed by atoms with Crippen molar-refractivity contribution in [3.63, 3.8) is 0 Å². The first kappa shape index (κ1) is 13.9. The number of carbonyl (C=O) groups excluding carboxylic acids is 2. The molecular weight excluding hydrogens is 264 g/mol. The molecule has 106 valence electrons. The normalized spacial score (nSPS) is 10.5. The summed E-state index contributed by atoms with van der Waals surface area (Å²) in [5.74, 6) is -0.726. The molecule has 0 bridgehead atoms. The molecule has 1 aromatic heterocycles. The van der Waals surface area contributed by atoms with Gasteiger partial charge in [-0.15, -0.1) is 0 Å². The molecule has 0 unspecified atom stereocenters. The van der Waals surface area contributed by atoms with Crippen LogP contribution in [0, 0.1) is 0 Å². The Bertz CT molecular complexity index is 662. The van der Waals surface area contributed by atoms with Gasteiger partial charge in [0.2, 0.25) is 11.7 Å². The molecule has 0 radical (unpaired) electrons. The molecule has 2 rings (SSSR count). The number of hydrogen-bond donors (Lipinski definition) is 2. The Kier molecular flexibility index (Phi) is 3.90. The Hall–Kier alpha value is -2.54. The van der Waals surface area contributed by atoms with Crippen LogP contribution in [0.25, 0.3) is 11.0 Å². The third kappa shape index (κ3) is 2.57. The van der Waals surface area contributed by atoms with E-state index in [-0.39, 0.29) is 18.1 Å². The number of hydrogen-bond acceptors (Lipinski definition) is 5. The van der Waals surface area contributed by atoms with Gasteiger partial charge in [-0.3, -0.25) is 9.59 Å². The lowest BCUT2D eigenvalue weighted by molar-refractivity contribution is -0.119. The zero-order chi connectivity index (χ0) is 14.7. The maximum absolute atomic E-state index is 11.6. The van der Waals surface area contributed by atoms with Gasteiger partial charge < -0.3 is 24.9 Å². The smallest absolute Gasteiger partial charge is 0.286 e. The number of furan rings is 1. The summed E-state index contributed by atoms with van der Waals surface area (Å²) >= 11 is 0. The van der Waals surface area contributed by atoms with Gasteiger partial charge in [0.15, 0.2) is 0 Å². The topological polar surface area (TPSA) is 104 Å². The Morgan fingerprint density at radius 3 is 2.70 bits per heavy atom. The lowest BCUT2D eigenvalue weighted by Gasteiger charge is -2.04. The van der Waals surface area contributed by atoms with Crippen molar-refractivity contribution in [2.75, 3.05) is 26.1 Å². The molecule has 0 fully saturated rings. The van der Waals surface area contributed by atoms with E-state index in [1.807, 2.05) is 0 Å². The third-order valence-corrected chi connectivity index (χ3v) is 2.66. The highest BCUT2D eigenvalue weighted by atomic mass is 16.5. The molecule has 1 heterocycles. The summed E-state index contributed by atoms with van der Waals surface area (Å²) in [6, 6.07) is 4.97. The fraction of sp³-hybridized carbons (Fsp3) is 0.231. The Labute approximate surface area is 114 Å². The number of fused-ring (bicyclic) bond motifs is 1. The average Bonchev–Trinajstić information content (AvgIpc) is 2.77. The summed E-state index contributed by atoms with van der Waals surface area (Å²) < 4.78 is 15.2. The number of anilines is 1. The lowest BCUT2D eigenvalue weighted by Crippen LogP contribution is -2.20. The Morgan fingerprint density at radius 2 is 2.10 bits per heavy atom. The predicted molar refractivity (Wildman–Crippen MR) is 71.8 cm³/mol. The van der Waals surface area contributed by atoms with Gasteiger partial charge in [-0.25, -0.2) is 0 Å². The molecule has 2 aromatic rings. The van der Waals surface area contributed by atoms with Crippen molar-refractivity contribution in [3.05, 3.63) is 24.0 Å².